The Morgan fingerprint density at radius 3 is 2.62 bits per heavy atom. The van der Waals surface area contributed by atoms with Crippen LogP contribution in [0.4, 0.5) is 0 Å². The van der Waals surface area contributed by atoms with Crippen LogP contribution in [0, 0.1) is 0 Å². The topological polar surface area (TPSA) is 42.9 Å². The van der Waals surface area contributed by atoms with Gasteiger partial charge in [-0.05, 0) is 31.2 Å². The second-order valence-corrected chi connectivity index (χ2v) is 6.69. The van der Waals surface area contributed by atoms with Gasteiger partial charge in [0, 0.05) is 57.4 Å². The van der Waals surface area contributed by atoms with Crippen LogP contribution in [0.25, 0.3) is 0 Å². The number of likely N-dealkylation sites (N-methyl/N-ethyl adjacent to an activating group) is 1. The molecule has 0 bridgehead atoms. The number of halogens is 1. The predicted octanol–water partition coefficient (Wildman–Crippen LogP) is 2.03. The molecule has 0 saturated carbocycles. The summed E-state index contributed by atoms with van der Waals surface area (Å²) >= 11 is 6.02. The van der Waals surface area contributed by atoms with E-state index in [0.717, 1.165) is 42.7 Å². The fourth-order valence-electron chi connectivity index (χ4n) is 2.95. The summed E-state index contributed by atoms with van der Waals surface area (Å²) < 4.78 is 0. The van der Waals surface area contributed by atoms with Gasteiger partial charge in [0.2, 0.25) is 0 Å². The highest BCUT2D eigenvalue weighted by Crippen LogP contribution is 2.10. The number of nitrogens with one attached hydrogen (secondary N) is 2. The van der Waals surface area contributed by atoms with Gasteiger partial charge in [0.05, 0.1) is 0 Å². The van der Waals surface area contributed by atoms with Gasteiger partial charge in [-0.3, -0.25) is 9.89 Å². The molecule has 0 amide bonds. The molecule has 1 aromatic carbocycles. The van der Waals surface area contributed by atoms with Gasteiger partial charge >= 0.3 is 0 Å². The van der Waals surface area contributed by atoms with Crippen molar-refractivity contribution in [3.05, 3.63) is 34.9 Å². The van der Waals surface area contributed by atoms with Crippen molar-refractivity contribution in [2.75, 3.05) is 46.3 Å². The van der Waals surface area contributed by atoms with Gasteiger partial charge in [0.15, 0.2) is 5.96 Å². The number of rotatable bonds is 6. The van der Waals surface area contributed by atoms with E-state index in [2.05, 4.69) is 45.3 Å². The van der Waals surface area contributed by atoms with Crippen LogP contribution in [0.15, 0.2) is 29.3 Å². The molecule has 24 heavy (non-hydrogen) atoms. The van der Waals surface area contributed by atoms with Crippen LogP contribution >= 0.6 is 11.6 Å². The second-order valence-electron chi connectivity index (χ2n) is 6.26. The summed E-state index contributed by atoms with van der Waals surface area (Å²) in [7, 11) is 1.80. The molecule has 1 atom stereocenters. The summed E-state index contributed by atoms with van der Waals surface area (Å²) in [4.78, 5) is 9.35. The van der Waals surface area contributed by atoms with Crippen LogP contribution in [-0.4, -0.2) is 68.1 Å². The minimum absolute atomic E-state index is 0.494. The highest BCUT2D eigenvalue weighted by molar-refractivity contribution is 6.30. The number of piperazine rings is 1. The van der Waals surface area contributed by atoms with Crippen molar-refractivity contribution in [3.8, 4) is 0 Å². The maximum atomic E-state index is 6.02. The van der Waals surface area contributed by atoms with Crippen molar-refractivity contribution in [1.82, 2.24) is 20.4 Å². The summed E-state index contributed by atoms with van der Waals surface area (Å²) in [6.45, 7) is 11.9. The maximum absolute atomic E-state index is 6.02. The highest BCUT2D eigenvalue weighted by atomic mass is 35.5. The Hall–Kier alpha value is -1.30. The van der Waals surface area contributed by atoms with Crippen molar-refractivity contribution in [2.45, 2.75) is 26.4 Å². The van der Waals surface area contributed by atoms with E-state index in [9.17, 15) is 0 Å². The normalized spacial score (nSPS) is 18.4. The van der Waals surface area contributed by atoms with E-state index in [4.69, 9.17) is 11.6 Å². The minimum atomic E-state index is 0.494. The fourth-order valence-corrected chi connectivity index (χ4v) is 3.16. The number of hydrogen-bond donors (Lipinski definition) is 2. The number of nitrogens with zero attached hydrogens (tertiary/aromatic N) is 3. The molecule has 0 aromatic heterocycles. The molecule has 1 aromatic rings. The molecular weight excluding hydrogens is 322 g/mol. The highest BCUT2D eigenvalue weighted by Gasteiger charge is 2.20. The largest absolute Gasteiger partial charge is 0.355 e. The van der Waals surface area contributed by atoms with Crippen LogP contribution in [0.3, 0.4) is 0 Å². The first-order valence-electron chi connectivity index (χ1n) is 8.77. The molecule has 5 nitrogen and oxygen atoms in total. The van der Waals surface area contributed by atoms with Crippen molar-refractivity contribution in [1.29, 1.82) is 0 Å². The third-order valence-electron chi connectivity index (χ3n) is 4.61. The zero-order valence-corrected chi connectivity index (χ0v) is 15.8. The third-order valence-corrected chi connectivity index (χ3v) is 4.85. The molecule has 134 valence electrons. The average molecular weight is 352 g/mol. The SMILES string of the molecule is CCN1CCN(C(C)CNC(=NC)NCc2cccc(Cl)c2)CC1. The van der Waals surface area contributed by atoms with Gasteiger partial charge in [-0.25, -0.2) is 0 Å². The molecule has 1 unspecified atom stereocenters. The van der Waals surface area contributed by atoms with Gasteiger partial charge in [-0.1, -0.05) is 30.7 Å². The Morgan fingerprint density at radius 2 is 2.00 bits per heavy atom. The molecule has 0 spiro atoms. The van der Waals surface area contributed by atoms with Crippen LogP contribution in [0.1, 0.15) is 19.4 Å². The Bertz CT molecular complexity index is 526. The van der Waals surface area contributed by atoms with Gasteiger partial charge < -0.3 is 15.5 Å². The van der Waals surface area contributed by atoms with Crippen molar-refractivity contribution < 1.29 is 0 Å². The quantitative estimate of drug-likeness (QED) is 0.608. The lowest BCUT2D eigenvalue weighted by molar-refractivity contribution is 0.107. The summed E-state index contributed by atoms with van der Waals surface area (Å²) in [6, 6.07) is 8.37. The first-order valence-corrected chi connectivity index (χ1v) is 9.15. The Balaban J connectivity index is 1.73. The lowest BCUT2D eigenvalue weighted by Gasteiger charge is -2.37. The van der Waals surface area contributed by atoms with E-state index in [-0.39, 0.29) is 0 Å². The van der Waals surface area contributed by atoms with E-state index in [1.807, 2.05) is 18.2 Å². The molecule has 2 N–H and O–H groups in total. The minimum Gasteiger partial charge on any atom is -0.355 e. The second kappa shape index (κ2) is 9.87. The molecule has 1 aliphatic rings. The first kappa shape index (κ1) is 19.0. The fraction of sp³-hybridized carbons (Fsp3) is 0.611. The van der Waals surface area contributed by atoms with E-state index >= 15 is 0 Å². The van der Waals surface area contributed by atoms with E-state index in [1.165, 1.54) is 13.1 Å². The van der Waals surface area contributed by atoms with E-state index in [0.29, 0.717) is 12.6 Å². The number of hydrogen-bond acceptors (Lipinski definition) is 3. The van der Waals surface area contributed by atoms with E-state index < -0.39 is 0 Å². The molecule has 1 fully saturated rings. The lowest BCUT2D eigenvalue weighted by atomic mass is 10.2. The smallest absolute Gasteiger partial charge is 0.191 e. The molecule has 1 heterocycles. The Morgan fingerprint density at radius 1 is 1.25 bits per heavy atom. The monoisotopic (exact) mass is 351 g/mol. The average Bonchev–Trinajstić information content (AvgIpc) is 2.61. The first-order chi connectivity index (χ1) is 11.6. The van der Waals surface area contributed by atoms with Gasteiger partial charge in [-0.2, -0.15) is 0 Å². The van der Waals surface area contributed by atoms with Crippen LogP contribution in [-0.2, 0) is 6.54 Å². The molecule has 0 radical (unpaired) electrons. The Kier molecular flexibility index (Phi) is 7.82. The molecule has 2 rings (SSSR count). The van der Waals surface area contributed by atoms with Crippen molar-refractivity contribution >= 4 is 17.6 Å². The zero-order chi connectivity index (χ0) is 17.4. The van der Waals surface area contributed by atoms with Crippen molar-refractivity contribution in [3.63, 3.8) is 0 Å². The maximum Gasteiger partial charge on any atom is 0.191 e. The van der Waals surface area contributed by atoms with Crippen LogP contribution < -0.4 is 10.6 Å². The molecule has 1 saturated heterocycles. The van der Waals surface area contributed by atoms with E-state index in [1.54, 1.807) is 7.05 Å². The van der Waals surface area contributed by atoms with Crippen LogP contribution in [0.2, 0.25) is 5.02 Å². The van der Waals surface area contributed by atoms with Crippen molar-refractivity contribution in [2.24, 2.45) is 4.99 Å². The van der Waals surface area contributed by atoms with Gasteiger partial charge in [0.1, 0.15) is 0 Å². The standard InChI is InChI=1S/C18H30ClN5/c1-4-23-8-10-24(11-9-23)15(2)13-21-18(20-3)22-14-16-6-5-7-17(19)12-16/h5-7,12,15H,4,8-11,13-14H2,1-3H3,(H2,20,21,22). The zero-order valence-electron chi connectivity index (χ0n) is 15.1. The van der Waals surface area contributed by atoms with Gasteiger partial charge in [0.25, 0.3) is 0 Å². The number of aliphatic imine (C=N–C) groups is 1. The summed E-state index contributed by atoms with van der Waals surface area (Å²) in [5.41, 5.74) is 1.15. The summed E-state index contributed by atoms with van der Waals surface area (Å²) in [5, 5.41) is 7.53. The molecule has 0 aliphatic carbocycles. The molecular formula is C18H30ClN5. The van der Waals surface area contributed by atoms with Crippen LogP contribution in [0.5, 0.6) is 0 Å². The summed E-state index contributed by atoms with van der Waals surface area (Å²) in [6.07, 6.45) is 0. The number of guanidine groups is 1. The third kappa shape index (κ3) is 5.96. The summed E-state index contributed by atoms with van der Waals surface area (Å²) in [5.74, 6) is 0.828. The number of benzene rings is 1. The molecule has 6 heteroatoms. The molecule has 1 aliphatic heterocycles. The lowest BCUT2D eigenvalue weighted by Crippen LogP contribution is -2.53. The van der Waals surface area contributed by atoms with Gasteiger partial charge in [-0.15, -0.1) is 0 Å². The Labute approximate surface area is 151 Å². The predicted molar refractivity (Wildman–Crippen MR) is 103 cm³/mol.